The fraction of sp³-hybridized carbons (Fsp3) is 0.385. The first-order valence-corrected chi connectivity index (χ1v) is 7.56. The van der Waals surface area contributed by atoms with Crippen molar-refractivity contribution in [1.29, 1.82) is 0 Å². The fourth-order valence-electron chi connectivity index (χ4n) is 1.72. The summed E-state index contributed by atoms with van der Waals surface area (Å²) in [5.74, 6) is 3.99. The highest BCUT2D eigenvalue weighted by molar-refractivity contribution is 8.10. The maximum Gasteiger partial charge on any atom is 0.169 e. The zero-order valence-corrected chi connectivity index (χ0v) is 11.7. The van der Waals surface area contributed by atoms with Crippen molar-refractivity contribution in [2.24, 2.45) is 0 Å². The van der Waals surface area contributed by atoms with Crippen LogP contribution in [0.25, 0.3) is 4.91 Å². The molecule has 4 heteroatoms. The first kappa shape index (κ1) is 12.7. The van der Waals surface area contributed by atoms with Gasteiger partial charge in [0.2, 0.25) is 0 Å². The van der Waals surface area contributed by atoms with E-state index < -0.39 is 0 Å². The molecule has 0 fully saturated rings. The van der Waals surface area contributed by atoms with Crippen LogP contribution in [0.2, 0.25) is 0 Å². The molecule has 1 aliphatic rings. The standard InChI is InChI=1S/C13H16O2S2/c1-14-11-6-3-5-10(13(11)15-2)12-9-16-7-4-8-17-12/h3,5-6,9H,4,7-8H2,1-2H3. The van der Waals surface area contributed by atoms with Crippen LogP contribution in [0.15, 0.2) is 23.6 Å². The van der Waals surface area contributed by atoms with E-state index in [4.69, 9.17) is 9.47 Å². The van der Waals surface area contributed by atoms with E-state index in [9.17, 15) is 0 Å². The fourth-order valence-corrected chi connectivity index (χ4v) is 3.91. The molecule has 0 saturated carbocycles. The van der Waals surface area contributed by atoms with Crippen LogP contribution in [-0.4, -0.2) is 25.7 Å². The topological polar surface area (TPSA) is 18.5 Å². The zero-order chi connectivity index (χ0) is 12.1. The molecule has 0 bridgehead atoms. The van der Waals surface area contributed by atoms with Crippen molar-refractivity contribution >= 4 is 28.4 Å². The van der Waals surface area contributed by atoms with Crippen molar-refractivity contribution in [3.63, 3.8) is 0 Å². The van der Waals surface area contributed by atoms with Gasteiger partial charge in [-0.1, -0.05) is 6.07 Å². The molecule has 0 radical (unpaired) electrons. The minimum atomic E-state index is 0.792. The van der Waals surface area contributed by atoms with Crippen LogP contribution in [0.1, 0.15) is 12.0 Å². The summed E-state index contributed by atoms with van der Waals surface area (Å²) in [6.07, 6.45) is 1.25. The summed E-state index contributed by atoms with van der Waals surface area (Å²) in [4.78, 5) is 1.28. The average Bonchev–Trinajstić information content (AvgIpc) is 2.66. The van der Waals surface area contributed by atoms with Crippen molar-refractivity contribution in [1.82, 2.24) is 0 Å². The molecule has 0 amide bonds. The van der Waals surface area contributed by atoms with Gasteiger partial charge in [-0.2, -0.15) is 0 Å². The minimum Gasteiger partial charge on any atom is -0.493 e. The SMILES string of the molecule is COc1cccc(C2=CSCCCS2)c1OC. The maximum atomic E-state index is 5.47. The van der Waals surface area contributed by atoms with E-state index in [2.05, 4.69) is 11.5 Å². The Morgan fingerprint density at radius 3 is 2.76 bits per heavy atom. The molecule has 17 heavy (non-hydrogen) atoms. The van der Waals surface area contributed by atoms with Gasteiger partial charge in [-0.25, -0.2) is 0 Å². The molecule has 0 unspecified atom stereocenters. The molecule has 0 N–H and O–H groups in total. The maximum absolute atomic E-state index is 5.47. The lowest BCUT2D eigenvalue weighted by Gasteiger charge is -2.13. The van der Waals surface area contributed by atoms with Crippen molar-refractivity contribution < 1.29 is 9.47 Å². The smallest absolute Gasteiger partial charge is 0.169 e. The second kappa shape index (κ2) is 6.26. The summed E-state index contributed by atoms with van der Waals surface area (Å²) >= 11 is 3.76. The van der Waals surface area contributed by atoms with E-state index in [0.717, 1.165) is 17.1 Å². The first-order chi connectivity index (χ1) is 8.36. The predicted molar refractivity (Wildman–Crippen MR) is 77.1 cm³/mol. The number of para-hydroxylation sites is 1. The molecule has 0 aromatic heterocycles. The van der Waals surface area contributed by atoms with E-state index in [1.54, 1.807) is 14.2 Å². The van der Waals surface area contributed by atoms with Gasteiger partial charge in [0.1, 0.15) is 0 Å². The second-order valence-corrected chi connectivity index (χ2v) is 5.71. The summed E-state index contributed by atoms with van der Waals surface area (Å²) < 4.78 is 10.8. The third-order valence-corrected chi connectivity index (χ3v) is 4.74. The van der Waals surface area contributed by atoms with Crippen LogP contribution in [0, 0.1) is 0 Å². The van der Waals surface area contributed by atoms with Crippen LogP contribution in [0.3, 0.4) is 0 Å². The van der Waals surface area contributed by atoms with Crippen LogP contribution < -0.4 is 9.47 Å². The van der Waals surface area contributed by atoms with Crippen molar-refractivity contribution in [3.05, 3.63) is 29.2 Å². The van der Waals surface area contributed by atoms with Gasteiger partial charge >= 0.3 is 0 Å². The van der Waals surface area contributed by atoms with Crippen LogP contribution >= 0.6 is 23.5 Å². The largest absolute Gasteiger partial charge is 0.493 e. The molecular weight excluding hydrogens is 252 g/mol. The highest BCUT2D eigenvalue weighted by Gasteiger charge is 2.14. The molecule has 0 aliphatic carbocycles. The molecule has 1 aromatic carbocycles. The molecule has 0 atom stereocenters. The minimum absolute atomic E-state index is 0.792. The molecule has 2 rings (SSSR count). The second-order valence-electron chi connectivity index (χ2n) is 3.60. The Kier molecular flexibility index (Phi) is 4.68. The third kappa shape index (κ3) is 2.93. The van der Waals surface area contributed by atoms with E-state index in [-0.39, 0.29) is 0 Å². The van der Waals surface area contributed by atoms with E-state index >= 15 is 0 Å². The number of hydrogen-bond donors (Lipinski definition) is 0. The number of rotatable bonds is 3. The third-order valence-electron chi connectivity index (χ3n) is 2.52. The van der Waals surface area contributed by atoms with Crippen LogP contribution in [0.5, 0.6) is 11.5 Å². The number of methoxy groups -OCH3 is 2. The Labute approximate surface area is 111 Å². The number of benzene rings is 1. The molecule has 1 aromatic rings. The normalized spacial score (nSPS) is 16.0. The quantitative estimate of drug-likeness (QED) is 0.828. The lowest BCUT2D eigenvalue weighted by molar-refractivity contribution is 0.354. The lowest BCUT2D eigenvalue weighted by Crippen LogP contribution is -1.94. The zero-order valence-electron chi connectivity index (χ0n) is 10.1. The Balaban J connectivity index is 2.39. The van der Waals surface area contributed by atoms with Crippen molar-refractivity contribution in [2.75, 3.05) is 25.7 Å². The van der Waals surface area contributed by atoms with Crippen LogP contribution in [-0.2, 0) is 0 Å². The van der Waals surface area contributed by atoms with Gasteiger partial charge in [0.05, 0.1) is 14.2 Å². The predicted octanol–water partition coefficient (Wildman–Crippen LogP) is 3.87. The molecule has 0 spiro atoms. The summed E-state index contributed by atoms with van der Waals surface area (Å²) in [6.45, 7) is 0. The van der Waals surface area contributed by atoms with Gasteiger partial charge in [-0.15, -0.1) is 23.5 Å². The van der Waals surface area contributed by atoms with Gasteiger partial charge in [0.15, 0.2) is 11.5 Å². The van der Waals surface area contributed by atoms with Crippen molar-refractivity contribution in [2.45, 2.75) is 6.42 Å². The molecule has 2 nitrogen and oxygen atoms in total. The summed E-state index contributed by atoms with van der Waals surface area (Å²) in [6, 6.07) is 6.02. The molecular formula is C13H16O2S2. The lowest BCUT2D eigenvalue weighted by atomic mass is 10.2. The Hall–Kier alpha value is -0.740. The number of ether oxygens (including phenoxy) is 2. The Morgan fingerprint density at radius 2 is 2.00 bits per heavy atom. The van der Waals surface area contributed by atoms with Gasteiger partial charge < -0.3 is 9.47 Å². The summed E-state index contributed by atoms with van der Waals surface area (Å²) in [7, 11) is 3.36. The molecule has 1 aliphatic heterocycles. The highest BCUT2D eigenvalue weighted by atomic mass is 32.2. The van der Waals surface area contributed by atoms with Gasteiger partial charge in [0.25, 0.3) is 0 Å². The molecule has 0 saturated heterocycles. The van der Waals surface area contributed by atoms with Gasteiger partial charge in [0, 0.05) is 10.5 Å². The average molecular weight is 268 g/mol. The Morgan fingerprint density at radius 1 is 1.12 bits per heavy atom. The Bertz CT molecular complexity index is 416. The van der Waals surface area contributed by atoms with E-state index in [1.807, 2.05) is 35.7 Å². The molecule has 92 valence electrons. The highest BCUT2D eigenvalue weighted by Crippen LogP contribution is 2.42. The van der Waals surface area contributed by atoms with Crippen molar-refractivity contribution in [3.8, 4) is 11.5 Å². The first-order valence-electron chi connectivity index (χ1n) is 5.52. The van der Waals surface area contributed by atoms with Crippen LogP contribution in [0.4, 0.5) is 0 Å². The molecule has 1 heterocycles. The van der Waals surface area contributed by atoms with E-state index in [0.29, 0.717) is 0 Å². The summed E-state index contributed by atoms with van der Waals surface area (Å²) in [5, 5.41) is 2.23. The number of thioether (sulfide) groups is 2. The monoisotopic (exact) mass is 268 g/mol. The van der Waals surface area contributed by atoms with E-state index in [1.165, 1.54) is 22.8 Å². The van der Waals surface area contributed by atoms with Gasteiger partial charge in [-0.3, -0.25) is 0 Å². The van der Waals surface area contributed by atoms with Gasteiger partial charge in [-0.05, 0) is 35.5 Å². The summed E-state index contributed by atoms with van der Waals surface area (Å²) in [5.41, 5.74) is 1.13. The number of hydrogen-bond acceptors (Lipinski definition) is 4.